The molecule has 0 radical (unpaired) electrons. The van der Waals surface area contributed by atoms with Crippen molar-refractivity contribution in [3.05, 3.63) is 344 Å². The Morgan fingerprint density at radius 1 is 0.155 bits per heavy atom. The minimum atomic E-state index is 1.04. The van der Waals surface area contributed by atoms with E-state index in [0.29, 0.717) is 0 Å². The molecule has 13 aromatic carbocycles. The molecule has 0 saturated carbocycles. The number of anilines is 9. The second-order valence-corrected chi connectivity index (χ2v) is 21.4. The average molecular weight is 1080 g/mol. The molecule has 402 valence electrons. The number of hydrogen-bond acceptors (Lipinski definition) is 3. The molecule has 84 heavy (non-hydrogen) atoms. The molecule has 0 heterocycles. The minimum absolute atomic E-state index is 1.04. The maximum atomic E-state index is 2.52. The summed E-state index contributed by atoms with van der Waals surface area (Å²) < 4.78 is 0. The molecule has 0 amide bonds. The Bertz CT molecular complexity index is 3670. The highest BCUT2D eigenvalue weighted by Gasteiger charge is 2.32. The van der Waals surface area contributed by atoms with Crippen LogP contribution in [0, 0.1) is 20.8 Å². The predicted molar refractivity (Wildman–Crippen MR) is 357 cm³/mol. The van der Waals surface area contributed by atoms with Gasteiger partial charge in [0.15, 0.2) is 0 Å². The lowest BCUT2D eigenvalue weighted by Gasteiger charge is -2.39. The molecule has 0 aromatic heterocycles. The molecular weight excluding hydrogens is 1010 g/mol. The van der Waals surface area contributed by atoms with Crippen molar-refractivity contribution in [3.63, 3.8) is 0 Å². The maximum Gasteiger partial charge on any atom is 0.0562 e. The van der Waals surface area contributed by atoms with E-state index in [2.05, 4.69) is 363 Å². The number of benzene rings is 13. The molecule has 13 aromatic rings. The Balaban J connectivity index is 1.17. The summed E-state index contributed by atoms with van der Waals surface area (Å²) in [6.07, 6.45) is 0. The maximum absolute atomic E-state index is 2.52. The van der Waals surface area contributed by atoms with Crippen LogP contribution in [0.25, 0.3) is 66.8 Å². The molecular formula is C81H63N3. The highest BCUT2D eigenvalue weighted by molar-refractivity contribution is 5.99. The molecule has 0 spiro atoms. The van der Waals surface area contributed by atoms with Gasteiger partial charge in [0, 0.05) is 34.1 Å². The summed E-state index contributed by atoms with van der Waals surface area (Å²) in [5, 5.41) is 0. The largest absolute Gasteiger partial charge is 0.310 e. The normalized spacial score (nSPS) is 11.0. The topological polar surface area (TPSA) is 9.72 Å². The van der Waals surface area contributed by atoms with Gasteiger partial charge < -0.3 is 14.7 Å². The monoisotopic (exact) mass is 1080 g/mol. The van der Waals surface area contributed by atoms with Crippen LogP contribution in [0.15, 0.2) is 328 Å². The summed E-state index contributed by atoms with van der Waals surface area (Å²) in [4.78, 5) is 7.57. The average Bonchev–Trinajstić information content (AvgIpc) is 2.02. The molecule has 0 N–H and O–H groups in total. The first-order valence-electron chi connectivity index (χ1n) is 28.9. The van der Waals surface area contributed by atoms with Crippen LogP contribution in [0.3, 0.4) is 0 Å². The van der Waals surface area contributed by atoms with Crippen LogP contribution in [-0.2, 0) is 0 Å². The van der Waals surface area contributed by atoms with Gasteiger partial charge in [0.2, 0.25) is 0 Å². The van der Waals surface area contributed by atoms with Gasteiger partial charge in [-0.1, -0.05) is 255 Å². The van der Waals surface area contributed by atoms with Crippen molar-refractivity contribution in [2.75, 3.05) is 14.7 Å². The SMILES string of the molecule is Cc1c(N(c2cccc(-c3ccccc3)c2)c2cccc(-c3ccccc3)c2)c(C)c(N(c2cccc(-c3ccccc3)c2)c2cccc(-c3ccccc3)c2)c(C)c1N(c1cccc(-c2ccccc2)c1)c1cccc(-c2ccccc2)c1. The fourth-order valence-corrected chi connectivity index (χ4v) is 12.1. The lowest BCUT2D eigenvalue weighted by atomic mass is 9.92. The summed E-state index contributed by atoms with van der Waals surface area (Å²) >= 11 is 0. The van der Waals surface area contributed by atoms with Crippen molar-refractivity contribution in [3.8, 4) is 66.8 Å². The lowest BCUT2D eigenvalue weighted by molar-refractivity contribution is 1.14. The highest BCUT2D eigenvalue weighted by Crippen LogP contribution is 2.55. The second-order valence-electron chi connectivity index (χ2n) is 21.4. The van der Waals surface area contributed by atoms with Crippen LogP contribution in [0.5, 0.6) is 0 Å². The van der Waals surface area contributed by atoms with Gasteiger partial charge in [0.1, 0.15) is 0 Å². The fraction of sp³-hybridized carbons (Fsp3) is 0.0370. The van der Waals surface area contributed by atoms with Crippen molar-refractivity contribution in [1.29, 1.82) is 0 Å². The van der Waals surface area contributed by atoms with Gasteiger partial charge in [-0.3, -0.25) is 0 Å². The van der Waals surface area contributed by atoms with Gasteiger partial charge >= 0.3 is 0 Å². The Morgan fingerprint density at radius 2 is 0.298 bits per heavy atom. The van der Waals surface area contributed by atoms with Gasteiger partial charge in [-0.15, -0.1) is 0 Å². The predicted octanol–water partition coefficient (Wildman–Crippen LogP) is 23.0. The van der Waals surface area contributed by atoms with Gasteiger partial charge in [0.05, 0.1) is 17.1 Å². The first kappa shape index (κ1) is 52.6. The van der Waals surface area contributed by atoms with E-state index in [4.69, 9.17) is 0 Å². The highest BCUT2D eigenvalue weighted by atomic mass is 15.2. The van der Waals surface area contributed by atoms with E-state index in [1.165, 1.54) is 0 Å². The van der Waals surface area contributed by atoms with Gasteiger partial charge in [0.25, 0.3) is 0 Å². The zero-order valence-electron chi connectivity index (χ0n) is 47.5. The first-order valence-corrected chi connectivity index (χ1v) is 28.9. The van der Waals surface area contributed by atoms with E-state index in [-0.39, 0.29) is 0 Å². The smallest absolute Gasteiger partial charge is 0.0562 e. The lowest BCUT2D eigenvalue weighted by Crippen LogP contribution is -2.22. The summed E-state index contributed by atoms with van der Waals surface area (Å²) in [6.45, 7) is 7.03. The Morgan fingerprint density at radius 3 is 0.452 bits per heavy atom. The molecule has 0 aliphatic heterocycles. The molecule has 0 atom stereocenters. The van der Waals surface area contributed by atoms with E-state index < -0.39 is 0 Å². The van der Waals surface area contributed by atoms with E-state index in [0.717, 1.165) is 135 Å². The Hall–Kier alpha value is -10.7. The molecule has 13 rings (SSSR count). The molecule has 0 bridgehead atoms. The summed E-state index contributed by atoms with van der Waals surface area (Å²) in [6, 6.07) is 119. The number of nitrogens with zero attached hydrogens (tertiary/aromatic N) is 3. The molecule has 0 fully saturated rings. The summed E-state index contributed by atoms with van der Waals surface area (Å²) in [7, 11) is 0. The molecule has 0 aliphatic carbocycles. The van der Waals surface area contributed by atoms with Gasteiger partial charge in [-0.25, -0.2) is 0 Å². The van der Waals surface area contributed by atoms with E-state index >= 15 is 0 Å². The third-order valence-corrected chi connectivity index (χ3v) is 16.1. The van der Waals surface area contributed by atoms with Crippen LogP contribution < -0.4 is 14.7 Å². The standard InChI is InChI=1S/C81H63N3/c1-58-79(82(73-46-22-40-67(52-73)61-28-10-4-11-29-61)74-47-23-41-68(53-74)62-30-12-5-13-31-62)59(2)81(84(77-50-26-44-71(56-77)65-36-18-8-19-37-65)78-51-27-45-72(57-78)66-38-20-9-21-39-66)60(3)80(58)83(75-48-24-42-69(54-75)63-32-14-6-15-33-63)76-49-25-43-70(55-76)64-34-16-7-17-35-64/h4-57H,1-3H3. The summed E-state index contributed by atoms with van der Waals surface area (Å²) in [5.74, 6) is 0. The van der Waals surface area contributed by atoms with E-state index in [1.54, 1.807) is 0 Å². The Labute approximate surface area is 494 Å². The molecule has 0 unspecified atom stereocenters. The van der Waals surface area contributed by atoms with Crippen LogP contribution in [-0.4, -0.2) is 0 Å². The third-order valence-electron chi connectivity index (χ3n) is 16.1. The quantitative estimate of drug-likeness (QED) is 0.101. The molecule has 0 aliphatic rings. The Kier molecular flexibility index (Phi) is 14.9. The molecule has 0 saturated heterocycles. The van der Waals surface area contributed by atoms with Gasteiger partial charge in [-0.2, -0.15) is 0 Å². The summed E-state index contributed by atoms with van der Waals surface area (Å²) in [5.41, 5.74) is 26.6. The van der Waals surface area contributed by atoms with Crippen molar-refractivity contribution in [2.45, 2.75) is 20.8 Å². The number of hydrogen-bond donors (Lipinski definition) is 0. The fourth-order valence-electron chi connectivity index (χ4n) is 12.1. The van der Waals surface area contributed by atoms with Crippen LogP contribution in [0.4, 0.5) is 51.2 Å². The number of rotatable bonds is 15. The first-order chi connectivity index (χ1) is 41.4. The molecule has 3 heteroatoms. The van der Waals surface area contributed by atoms with Crippen molar-refractivity contribution in [1.82, 2.24) is 0 Å². The minimum Gasteiger partial charge on any atom is -0.310 e. The zero-order chi connectivity index (χ0) is 56.8. The zero-order valence-corrected chi connectivity index (χ0v) is 47.5. The van der Waals surface area contributed by atoms with Crippen LogP contribution >= 0.6 is 0 Å². The van der Waals surface area contributed by atoms with E-state index in [9.17, 15) is 0 Å². The van der Waals surface area contributed by atoms with Gasteiger partial charge in [-0.05, 0) is 177 Å². The second kappa shape index (κ2) is 23.8. The van der Waals surface area contributed by atoms with E-state index in [1.807, 2.05) is 0 Å². The van der Waals surface area contributed by atoms with Crippen LogP contribution in [0.1, 0.15) is 16.7 Å². The van der Waals surface area contributed by atoms with Crippen molar-refractivity contribution < 1.29 is 0 Å². The third kappa shape index (κ3) is 10.7. The molecule has 3 nitrogen and oxygen atoms in total. The van der Waals surface area contributed by atoms with Crippen molar-refractivity contribution in [2.24, 2.45) is 0 Å². The van der Waals surface area contributed by atoms with Crippen molar-refractivity contribution >= 4 is 51.2 Å². The van der Waals surface area contributed by atoms with Crippen LogP contribution in [0.2, 0.25) is 0 Å².